The van der Waals surface area contributed by atoms with E-state index in [9.17, 15) is 0 Å². The molecule has 66 valence electrons. The highest BCUT2D eigenvalue weighted by Gasteiger charge is 2.23. The lowest BCUT2D eigenvalue weighted by molar-refractivity contribution is 0.170. The lowest BCUT2D eigenvalue weighted by Crippen LogP contribution is -2.05. The van der Waals surface area contributed by atoms with Crippen LogP contribution in [0.2, 0.25) is 0 Å². The molecule has 1 aliphatic heterocycles. The van der Waals surface area contributed by atoms with Gasteiger partial charge in [-0.05, 0) is 12.0 Å². The van der Waals surface area contributed by atoms with Crippen molar-refractivity contribution in [2.24, 2.45) is 5.92 Å². The number of hydrogen-bond donors (Lipinski definition) is 0. The van der Waals surface area contributed by atoms with Crippen LogP contribution in [0.5, 0.6) is 0 Å². The Morgan fingerprint density at radius 2 is 2.50 bits per heavy atom. The van der Waals surface area contributed by atoms with Gasteiger partial charge in [0.05, 0.1) is 12.4 Å². The Balaban J connectivity index is 1.78. The van der Waals surface area contributed by atoms with Gasteiger partial charge in [-0.2, -0.15) is 0 Å². The van der Waals surface area contributed by atoms with E-state index in [-0.39, 0.29) is 0 Å². The first-order valence-corrected chi connectivity index (χ1v) is 4.46. The molecule has 2 atom stereocenters. The van der Waals surface area contributed by atoms with Gasteiger partial charge in [-0.1, -0.05) is 19.1 Å². The van der Waals surface area contributed by atoms with E-state index in [0.29, 0.717) is 12.0 Å². The van der Waals surface area contributed by atoms with Crippen LogP contribution in [0.3, 0.4) is 0 Å². The minimum absolute atomic E-state index is 0.368. The van der Waals surface area contributed by atoms with E-state index < -0.39 is 0 Å². The van der Waals surface area contributed by atoms with Gasteiger partial charge < -0.3 is 9.47 Å². The summed E-state index contributed by atoms with van der Waals surface area (Å²) in [6.07, 6.45) is 7.70. The normalized spacial score (nSPS) is 32.9. The van der Waals surface area contributed by atoms with Crippen LogP contribution in [0, 0.1) is 5.92 Å². The van der Waals surface area contributed by atoms with Crippen molar-refractivity contribution in [1.29, 1.82) is 0 Å². The van der Waals surface area contributed by atoms with E-state index in [4.69, 9.17) is 9.47 Å². The summed E-state index contributed by atoms with van der Waals surface area (Å²) in [5.74, 6) is 1.71. The fraction of sp³-hybridized carbons (Fsp3) is 0.600. The van der Waals surface area contributed by atoms with Crippen molar-refractivity contribution in [3.8, 4) is 0 Å². The number of ether oxygens (including phenoxy) is 2. The van der Waals surface area contributed by atoms with Crippen LogP contribution in [0.1, 0.15) is 13.3 Å². The summed E-state index contributed by atoms with van der Waals surface area (Å²) in [7, 11) is 0. The Morgan fingerprint density at radius 3 is 3.17 bits per heavy atom. The van der Waals surface area contributed by atoms with Crippen molar-refractivity contribution >= 4 is 0 Å². The maximum Gasteiger partial charge on any atom is 0.116 e. The molecule has 12 heavy (non-hydrogen) atoms. The van der Waals surface area contributed by atoms with Gasteiger partial charge in [-0.25, -0.2) is 0 Å². The molecule has 0 aromatic heterocycles. The third-order valence-corrected chi connectivity index (χ3v) is 2.10. The maximum absolute atomic E-state index is 5.56. The van der Waals surface area contributed by atoms with E-state index >= 15 is 0 Å². The Kier molecular flexibility index (Phi) is 2.17. The first-order chi connectivity index (χ1) is 5.84. The van der Waals surface area contributed by atoms with E-state index in [2.05, 4.69) is 19.1 Å². The van der Waals surface area contributed by atoms with Crippen molar-refractivity contribution in [3.63, 3.8) is 0 Å². The first kappa shape index (κ1) is 7.87. The second kappa shape index (κ2) is 3.31. The molecule has 0 aromatic rings. The average molecular weight is 166 g/mol. The van der Waals surface area contributed by atoms with Gasteiger partial charge in [0.25, 0.3) is 0 Å². The Hall–Kier alpha value is -0.760. The predicted octanol–water partition coefficient (Wildman–Crippen LogP) is 1.88. The van der Waals surface area contributed by atoms with Crippen molar-refractivity contribution in [2.75, 3.05) is 13.2 Å². The Labute approximate surface area is 72.9 Å². The topological polar surface area (TPSA) is 21.8 Å². The largest absolute Gasteiger partial charge is 0.495 e. The lowest BCUT2D eigenvalue weighted by atomic mass is 10.0. The second-order valence-corrected chi connectivity index (χ2v) is 3.47. The van der Waals surface area contributed by atoms with Crippen molar-refractivity contribution in [3.05, 3.63) is 24.0 Å². The van der Waals surface area contributed by atoms with Crippen molar-refractivity contribution in [2.45, 2.75) is 19.4 Å². The van der Waals surface area contributed by atoms with Crippen LogP contribution >= 0.6 is 0 Å². The molecule has 0 spiro atoms. The van der Waals surface area contributed by atoms with Crippen LogP contribution in [0.4, 0.5) is 0 Å². The molecule has 2 aliphatic rings. The van der Waals surface area contributed by atoms with Crippen LogP contribution in [-0.4, -0.2) is 19.3 Å². The van der Waals surface area contributed by atoms with Crippen LogP contribution in [-0.2, 0) is 9.47 Å². The summed E-state index contributed by atoms with van der Waals surface area (Å²) >= 11 is 0. The summed E-state index contributed by atoms with van der Waals surface area (Å²) in [5.41, 5.74) is 0. The highest BCUT2D eigenvalue weighted by Crippen LogP contribution is 2.20. The Morgan fingerprint density at radius 1 is 1.67 bits per heavy atom. The highest BCUT2D eigenvalue weighted by molar-refractivity contribution is 5.15. The fourth-order valence-electron chi connectivity index (χ4n) is 1.28. The summed E-state index contributed by atoms with van der Waals surface area (Å²) in [6, 6.07) is 0. The molecule has 1 aliphatic carbocycles. The fourth-order valence-corrected chi connectivity index (χ4v) is 1.28. The van der Waals surface area contributed by atoms with E-state index in [1.165, 1.54) is 0 Å². The molecule has 0 amide bonds. The van der Waals surface area contributed by atoms with Crippen molar-refractivity contribution < 1.29 is 9.47 Å². The summed E-state index contributed by atoms with van der Waals surface area (Å²) in [6.45, 7) is 3.80. The minimum atomic E-state index is 0.368. The molecule has 1 fully saturated rings. The third kappa shape index (κ3) is 2.11. The van der Waals surface area contributed by atoms with Gasteiger partial charge in [0.1, 0.15) is 12.7 Å². The minimum Gasteiger partial charge on any atom is -0.495 e. The van der Waals surface area contributed by atoms with Gasteiger partial charge in [0, 0.05) is 6.42 Å². The molecule has 0 aromatic carbocycles. The number of epoxide rings is 1. The van der Waals surface area contributed by atoms with Gasteiger partial charge in [0.15, 0.2) is 0 Å². The zero-order chi connectivity index (χ0) is 8.39. The molecule has 0 saturated carbocycles. The number of rotatable bonds is 3. The lowest BCUT2D eigenvalue weighted by Gasteiger charge is -2.14. The molecule has 1 saturated heterocycles. The maximum atomic E-state index is 5.56. The molecule has 0 radical (unpaired) electrons. The van der Waals surface area contributed by atoms with Crippen LogP contribution < -0.4 is 0 Å². The molecule has 2 nitrogen and oxygen atoms in total. The van der Waals surface area contributed by atoms with Gasteiger partial charge in [-0.3, -0.25) is 0 Å². The molecule has 2 unspecified atom stereocenters. The molecule has 2 heteroatoms. The van der Waals surface area contributed by atoms with Gasteiger partial charge in [0.2, 0.25) is 0 Å². The third-order valence-electron chi connectivity index (χ3n) is 2.10. The standard InChI is InChI=1S/C10H14O2/c1-8-3-2-4-9(5-8)11-6-10-7-12-10/h2-4,8,10H,5-7H2,1H3. The zero-order valence-electron chi connectivity index (χ0n) is 7.32. The van der Waals surface area contributed by atoms with Gasteiger partial charge >= 0.3 is 0 Å². The first-order valence-electron chi connectivity index (χ1n) is 4.46. The molecule has 0 bridgehead atoms. The monoisotopic (exact) mass is 166 g/mol. The second-order valence-electron chi connectivity index (χ2n) is 3.47. The van der Waals surface area contributed by atoms with Crippen LogP contribution in [0.25, 0.3) is 0 Å². The zero-order valence-corrected chi connectivity index (χ0v) is 7.32. The predicted molar refractivity (Wildman–Crippen MR) is 46.7 cm³/mol. The summed E-state index contributed by atoms with van der Waals surface area (Å²) < 4.78 is 10.6. The molecular formula is C10H14O2. The molecule has 0 N–H and O–H groups in total. The number of allylic oxidation sites excluding steroid dienone is 4. The van der Waals surface area contributed by atoms with Crippen molar-refractivity contribution in [1.82, 2.24) is 0 Å². The average Bonchev–Trinajstić information content (AvgIpc) is 2.84. The number of hydrogen-bond acceptors (Lipinski definition) is 2. The highest BCUT2D eigenvalue weighted by atomic mass is 16.6. The SMILES string of the molecule is CC1C=CC=C(OCC2CO2)C1. The van der Waals surface area contributed by atoms with E-state index in [1.807, 2.05) is 6.08 Å². The smallest absolute Gasteiger partial charge is 0.116 e. The van der Waals surface area contributed by atoms with Crippen LogP contribution in [0.15, 0.2) is 24.0 Å². The van der Waals surface area contributed by atoms with Gasteiger partial charge in [-0.15, -0.1) is 0 Å². The quantitative estimate of drug-likeness (QED) is 0.597. The van der Waals surface area contributed by atoms with E-state index in [0.717, 1.165) is 25.4 Å². The summed E-state index contributed by atoms with van der Waals surface area (Å²) in [5, 5.41) is 0. The Bertz CT molecular complexity index is 214. The molecular weight excluding hydrogens is 152 g/mol. The molecule has 2 rings (SSSR count). The van der Waals surface area contributed by atoms with E-state index in [1.54, 1.807) is 0 Å². The molecule has 1 heterocycles. The summed E-state index contributed by atoms with van der Waals surface area (Å²) in [4.78, 5) is 0.